The van der Waals surface area contributed by atoms with Crippen LogP contribution in [0, 0.1) is 11.7 Å². The molecule has 4 nitrogen and oxygen atoms in total. The first-order valence-electron chi connectivity index (χ1n) is 7.19. The topological polar surface area (TPSA) is 44.4 Å². The molecule has 1 aliphatic heterocycles. The second kappa shape index (κ2) is 7.73. The Balaban J connectivity index is 1.80. The zero-order valence-electron chi connectivity index (χ0n) is 12.2. The van der Waals surface area contributed by atoms with Gasteiger partial charge in [0, 0.05) is 6.54 Å². The Hall–Kier alpha value is -1.17. The molecule has 1 saturated heterocycles. The molecule has 21 heavy (non-hydrogen) atoms. The van der Waals surface area contributed by atoms with Crippen LogP contribution < -0.4 is 10.6 Å². The molecular weight excluding hydrogens is 293 g/mol. The molecule has 0 aliphatic carbocycles. The van der Waals surface area contributed by atoms with Crippen LogP contribution in [0.2, 0.25) is 5.02 Å². The number of carbonyl (C=O) groups is 1. The highest BCUT2D eigenvalue weighted by Crippen LogP contribution is 2.22. The number of hydrogen-bond acceptors (Lipinski definition) is 3. The van der Waals surface area contributed by atoms with E-state index in [1.807, 2.05) is 11.9 Å². The van der Waals surface area contributed by atoms with Crippen LogP contribution in [0.3, 0.4) is 0 Å². The second-order valence-corrected chi connectivity index (χ2v) is 5.97. The highest BCUT2D eigenvalue weighted by molar-refractivity contribution is 6.33. The number of nitrogens with one attached hydrogen (secondary N) is 2. The maximum absolute atomic E-state index is 12.9. The maximum atomic E-state index is 12.9. The lowest BCUT2D eigenvalue weighted by Crippen LogP contribution is -2.37. The minimum atomic E-state index is -0.416. The molecule has 2 N–H and O–H groups in total. The van der Waals surface area contributed by atoms with Crippen LogP contribution in [0.25, 0.3) is 0 Å². The largest absolute Gasteiger partial charge is 0.324 e. The van der Waals surface area contributed by atoms with E-state index in [9.17, 15) is 9.18 Å². The summed E-state index contributed by atoms with van der Waals surface area (Å²) < 4.78 is 12.9. The van der Waals surface area contributed by atoms with Crippen LogP contribution >= 0.6 is 11.6 Å². The normalized spacial score (nSPS) is 16.2. The number of carbonyl (C=O) groups excluding carboxylic acids is 1. The van der Waals surface area contributed by atoms with Gasteiger partial charge < -0.3 is 10.6 Å². The Morgan fingerprint density at radius 3 is 2.86 bits per heavy atom. The van der Waals surface area contributed by atoms with Crippen LogP contribution in [0.4, 0.5) is 10.1 Å². The molecule has 1 aromatic carbocycles. The van der Waals surface area contributed by atoms with Gasteiger partial charge in [0.15, 0.2) is 0 Å². The summed E-state index contributed by atoms with van der Waals surface area (Å²) in [5.74, 6) is 0.0828. The van der Waals surface area contributed by atoms with E-state index in [1.54, 1.807) is 0 Å². The second-order valence-electron chi connectivity index (χ2n) is 5.56. The highest BCUT2D eigenvalue weighted by atomic mass is 35.5. The van der Waals surface area contributed by atoms with Crippen LogP contribution in [-0.2, 0) is 4.79 Å². The molecule has 1 aromatic rings. The van der Waals surface area contributed by atoms with Crippen molar-refractivity contribution >= 4 is 23.2 Å². The lowest BCUT2D eigenvalue weighted by molar-refractivity contribution is -0.117. The summed E-state index contributed by atoms with van der Waals surface area (Å²) in [6, 6.07) is 3.94. The fourth-order valence-electron chi connectivity index (χ4n) is 2.60. The molecule has 0 spiro atoms. The van der Waals surface area contributed by atoms with Crippen molar-refractivity contribution < 1.29 is 9.18 Å². The average molecular weight is 314 g/mol. The zero-order valence-corrected chi connectivity index (χ0v) is 12.9. The molecule has 1 amide bonds. The number of hydrogen-bond donors (Lipinski definition) is 2. The number of amides is 1. The van der Waals surface area contributed by atoms with Crippen LogP contribution in [0.15, 0.2) is 18.2 Å². The third-order valence-electron chi connectivity index (χ3n) is 3.65. The van der Waals surface area contributed by atoms with E-state index >= 15 is 0 Å². The van der Waals surface area contributed by atoms with E-state index in [2.05, 4.69) is 10.6 Å². The van der Waals surface area contributed by atoms with Gasteiger partial charge in [0.1, 0.15) is 5.82 Å². The molecule has 0 atom stereocenters. The predicted molar refractivity (Wildman–Crippen MR) is 83.1 cm³/mol. The van der Waals surface area contributed by atoms with Crippen molar-refractivity contribution in [2.75, 3.05) is 38.5 Å². The van der Waals surface area contributed by atoms with Crippen LogP contribution in [0.5, 0.6) is 0 Å². The number of nitrogens with zero attached hydrogens (tertiary/aromatic N) is 1. The molecule has 1 fully saturated rings. The Morgan fingerprint density at radius 2 is 2.19 bits per heavy atom. The molecule has 0 aromatic heterocycles. The van der Waals surface area contributed by atoms with E-state index in [-0.39, 0.29) is 10.9 Å². The van der Waals surface area contributed by atoms with E-state index in [4.69, 9.17) is 11.6 Å². The van der Waals surface area contributed by atoms with Gasteiger partial charge in [-0.3, -0.25) is 9.69 Å². The zero-order chi connectivity index (χ0) is 15.2. The van der Waals surface area contributed by atoms with Gasteiger partial charge in [-0.2, -0.15) is 0 Å². The summed E-state index contributed by atoms with van der Waals surface area (Å²) in [6.45, 7) is 3.32. The van der Waals surface area contributed by atoms with Crippen molar-refractivity contribution in [2.45, 2.75) is 12.8 Å². The summed E-state index contributed by atoms with van der Waals surface area (Å²) in [7, 11) is 1.94. The van der Waals surface area contributed by atoms with Crippen molar-refractivity contribution in [1.82, 2.24) is 10.2 Å². The van der Waals surface area contributed by atoms with Crippen molar-refractivity contribution in [3.63, 3.8) is 0 Å². The number of likely N-dealkylation sites (N-methyl/N-ethyl adjacent to an activating group) is 1. The highest BCUT2D eigenvalue weighted by Gasteiger charge is 2.16. The van der Waals surface area contributed by atoms with E-state index in [0.717, 1.165) is 32.5 Å². The number of piperidine rings is 1. The van der Waals surface area contributed by atoms with Gasteiger partial charge in [-0.25, -0.2) is 4.39 Å². The van der Waals surface area contributed by atoms with Crippen molar-refractivity contribution in [1.29, 1.82) is 0 Å². The van der Waals surface area contributed by atoms with E-state index in [0.29, 0.717) is 18.2 Å². The molecule has 116 valence electrons. The maximum Gasteiger partial charge on any atom is 0.238 e. The average Bonchev–Trinajstić information content (AvgIpc) is 2.43. The third kappa shape index (κ3) is 5.26. The summed E-state index contributed by atoms with van der Waals surface area (Å²) in [4.78, 5) is 14.0. The Labute approximate surface area is 129 Å². The molecule has 6 heteroatoms. The quantitative estimate of drug-likeness (QED) is 0.877. The Kier molecular flexibility index (Phi) is 5.96. The molecule has 0 radical (unpaired) electrons. The fourth-order valence-corrected chi connectivity index (χ4v) is 2.81. The summed E-state index contributed by atoms with van der Waals surface area (Å²) in [5.41, 5.74) is 0.443. The van der Waals surface area contributed by atoms with Crippen molar-refractivity contribution in [3.05, 3.63) is 29.0 Å². The van der Waals surface area contributed by atoms with Crippen molar-refractivity contribution in [3.8, 4) is 0 Å². The summed E-state index contributed by atoms with van der Waals surface area (Å²) in [6.07, 6.45) is 2.30. The first-order valence-corrected chi connectivity index (χ1v) is 7.56. The van der Waals surface area contributed by atoms with Gasteiger partial charge in [-0.1, -0.05) is 11.6 Å². The molecular formula is C15H21ClFN3O. The number of halogens is 2. The smallest absolute Gasteiger partial charge is 0.238 e. The molecule has 2 rings (SSSR count). The summed E-state index contributed by atoms with van der Waals surface area (Å²) in [5, 5.41) is 6.26. The van der Waals surface area contributed by atoms with Gasteiger partial charge >= 0.3 is 0 Å². The fraction of sp³-hybridized carbons (Fsp3) is 0.533. The molecule has 0 saturated carbocycles. The molecule has 1 heterocycles. The predicted octanol–water partition coefficient (Wildman–Crippen LogP) is 2.35. The molecule has 0 unspecified atom stereocenters. The minimum Gasteiger partial charge on any atom is -0.324 e. The summed E-state index contributed by atoms with van der Waals surface area (Å²) >= 11 is 5.89. The van der Waals surface area contributed by atoms with Gasteiger partial charge in [-0.15, -0.1) is 0 Å². The Morgan fingerprint density at radius 1 is 1.48 bits per heavy atom. The van der Waals surface area contributed by atoms with Crippen molar-refractivity contribution in [2.24, 2.45) is 5.92 Å². The lowest BCUT2D eigenvalue weighted by Gasteiger charge is -2.27. The minimum absolute atomic E-state index is 0.139. The van der Waals surface area contributed by atoms with E-state index < -0.39 is 5.82 Å². The van der Waals surface area contributed by atoms with Crippen LogP contribution in [0.1, 0.15) is 12.8 Å². The van der Waals surface area contributed by atoms with E-state index in [1.165, 1.54) is 18.2 Å². The first kappa shape index (κ1) is 16.2. The number of benzene rings is 1. The van der Waals surface area contributed by atoms with Gasteiger partial charge in [-0.05, 0) is 57.1 Å². The standard InChI is InChI=1S/C15H21ClFN3O/c1-20(9-11-4-6-18-7-5-11)10-15(21)19-14-3-2-12(17)8-13(14)16/h2-3,8,11,18H,4-7,9-10H2,1H3,(H,19,21). The SMILES string of the molecule is CN(CC(=O)Nc1ccc(F)cc1Cl)CC1CCNCC1. The van der Waals surface area contributed by atoms with Gasteiger partial charge in [0.05, 0.1) is 17.3 Å². The van der Waals surface area contributed by atoms with Crippen LogP contribution in [-0.4, -0.2) is 44.0 Å². The first-order chi connectivity index (χ1) is 10.0. The van der Waals surface area contributed by atoms with Gasteiger partial charge in [0.2, 0.25) is 5.91 Å². The molecule has 0 bridgehead atoms. The van der Waals surface area contributed by atoms with Gasteiger partial charge in [0.25, 0.3) is 0 Å². The number of rotatable bonds is 5. The monoisotopic (exact) mass is 313 g/mol. The Bertz CT molecular complexity index is 492. The third-order valence-corrected chi connectivity index (χ3v) is 3.96. The number of anilines is 1. The lowest BCUT2D eigenvalue weighted by atomic mass is 9.98. The molecule has 1 aliphatic rings.